The van der Waals surface area contributed by atoms with Crippen LogP contribution >= 0.6 is 0 Å². The summed E-state index contributed by atoms with van der Waals surface area (Å²) in [6, 6.07) is 2.45. The van der Waals surface area contributed by atoms with Gasteiger partial charge in [-0.05, 0) is 42.0 Å². The van der Waals surface area contributed by atoms with Crippen molar-refractivity contribution in [2.45, 2.75) is 33.4 Å². The Balaban J connectivity index is 2.63. The molecule has 0 N–H and O–H groups in total. The largest absolute Gasteiger partial charge is 0.462 e. The molecule has 23 heavy (non-hydrogen) atoms. The summed E-state index contributed by atoms with van der Waals surface area (Å²) in [7, 11) is 0. The molecule has 1 aromatic rings. The summed E-state index contributed by atoms with van der Waals surface area (Å²) in [5.41, 5.74) is -0.132. The van der Waals surface area contributed by atoms with Gasteiger partial charge in [0.05, 0.1) is 12.2 Å². The van der Waals surface area contributed by atoms with Crippen LogP contribution in [0.2, 0.25) is 0 Å². The maximum Gasteiger partial charge on any atom is 0.454 e. The van der Waals surface area contributed by atoms with Crippen molar-refractivity contribution >= 4 is 17.8 Å². The highest BCUT2D eigenvalue weighted by Gasteiger charge is 2.42. The van der Waals surface area contributed by atoms with E-state index in [1.165, 1.54) is 6.07 Å². The van der Waals surface area contributed by atoms with Gasteiger partial charge >= 0.3 is 12.1 Å². The van der Waals surface area contributed by atoms with E-state index >= 15 is 0 Å². The molecule has 1 aromatic carbocycles. The number of ketones is 1. The molecule has 0 aromatic heterocycles. The first-order chi connectivity index (χ1) is 10.5. The second-order valence-corrected chi connectivity index (χ2v) is 6.14. The van der Waals surface area contributed by atoms with Crippen LogP contribution in [0, 0.1) is 5.41 Å². The van der Waals surface area contributed by atoms with Crippen molar-refractivity contribution in [3.05, 3.63) is 40.5 Å². The summed E-state index contributed by atoms with van der Waals surface area (Å²) in [5, 5.41) is 0. The first-order valence-electron chi connectivity index (χ1n) is 7.20. The van der Waals surface area contributed by atoms with Crippen LogP contribution in [-0.2, 0) is 11.2 Å². The molecule has 0 atom stereocenters. The molecule has 1 aliphatic rings. The minimum absolute atomic E-state index is 0.0532. The molecule has 0 amide bonds. The van der Waals surface area contributed by atoms with Crippen LogP contribution in [0.4, 0.5) is 13.2 Å². The summed E-state index contributed by atoms with van der Waals surface area (Å²) in [4.78, 5) is 23.6. The highest BCUT2D eigenvalue weighted by atomic mass is 19.4. The first kappa shape index (κ1) is 17.2. The normalized spacial score (nSPS) is 15.9. The zero-order valence-corrected chi connectivity index (χ0v) is 13.1. The van der Waals surface area contributed by atoms with Gasteiger partial charge in [0.25, 0.3) is 5.78 Å². The topological polar surface area (TPSA) is 43.4 Å². The summed E-state index contributed by atoms with van der Waals surface area (Å²) in [6.45, 7) is 5.43. The molecule has 0 bridgehead atoms. The number of hydrogen-bond acceptors (Lipinski definition) is 3. The van der Waals surface area contributed by atoms with E-state index in [4.69, 9.17) is 4.74 Å². The number of Topliss-reactive ketones (excluding diaryl/α,β-unsaturated/α-hetero) is 1. The maximum atomic E-state index is 12.9. The minimum atomic E-state index is -4.99. The SMILES string of the molecule is CCOC(=O)c1cc2c(c(C(=O)C(F)(F)F)c1)CC(C)(C)C=C2. The van der Waals surface area contributed by atoms with E-state index in [1.54, 1.807) is 13.0 Å². The van der Waals surface area contributed by atoms with E-state index in [-0.39, 0.29) is 17.6 Å². The van der Waals surface area contributed by atoms with Crippen LogP contribution in [-0.4, -0.2) is 24.5 Å². The van der Waals surface area contributed by atoms with Gasteiger partial charge in [-0.15, -0.1) is 0 Å². The van der Waals surface area contributed by atoms with Gasteiger partial charge in [0, 0.05) is 5.56 Å². The van der Waals surface area contributed by atoms with Crippen molar-refractivity contribution < 1.29 is 27.5 Å². The van der Waals surface area contributed by atoms with E-state index in [1.807, 2.05) is 19.9 Å². The van der Waals surface area contributed by atoms with Crippen LogP contribution in [0.15, 0.2) is 18.2 Å². The van der Waals surface area contributed by atoms with Crippen molar-refractivity contribution in [2.24, 2.45) is 5.41 Å². The number of rotatable bonds is 3. The molecular weight excluding hydrogens is 309 g/mol. The molecule has 6 heteroatoms. The van der Waals surface area contributed by atoms with Gasteiger partial charge in [-0.1, -0.05) is 26.0 Å². The Morgan fingerprint density at radius 3 is 2.48 bits per heavy atom. The minimum Gasteiger partial charge on any atom is -0.462 e. The number of halogens is 3. The third-order valence-electron chi connectivity index (χ3n) is 3.64. The third kappa shape index (κ3) is 3.63. The number of esters is 1. The zero-order valence-electron chi connectivity index (χ0n) is 13.1. The fraction of sp³-hybridized carbons (Fsp3) is 0.412. The lowest BCUT2D eigenvalue weighted by Gasteiger charge is -2.28. The van der Waals surface area contributed by atoms with Gasteiger partial charge in [0.15, 0.2) is 0 Å². The molecule has 2 rings (SSSR count). The lowest BCUT2D eigenvalue weighted by molar-refractivity contribution is -0.0886. The first-order valence-corrected chi connectivity index (χ1v) is 7.20. The van der Waals surface area contributed by atoms with Gasteiger partial charge in [0.2, 0.25) is 0 Å². The smallest absolute Gasteiger partial charge is 0.454 e. The van der Waals surface area contributed by atoms with Crippen LogP contribution in [0.1, 0.15) is 52.6 Å². The van der Waals surface area contributed by atoms with Crippen LogP contribution in [0.3, 0.4) is 0 Å². The van der Waals surface area contributed by atoms with E-state index < -0.39 is 23.5 Å². The standard InChI is InChI=1S/C17H17F3O3/c1-4-23-15(22)11-7-10-5-6-16(2,3)9-13(10)12(8-11)14(21)17(18,19)20/h5-8H,4,9H2,1-3H3. The van der Waals surface area contributed by atoms with E-state index in [9.17, 15) is 22.8 Å². The van der Waals surface area contributed by atoms with Crippen LogP contribution in [0.25, 0.3) is 6.08 Å². The summed E-state index contributed by atoms with van der Waals surface area (Å²) in [5.74, 6) is -2.68. The highest BCUT2D eigenvalue weighted by molar-refractivity contribution is 6.04. The lowest BCUT2D eigenvalue weighted by atomic mass is 9.76. The molecule has 0 radical (unpaired) electrons. The quantitative estimate of drug-likeness (QED) is 0.617. The van der Waals surface area contributed by atoms with Crippen molar-refractivity contribution in [3.63, 3.8) is 0 Å². The van der Waals surface area contributed by atoms with Crippen molar-refractivity contribution in [2.75, 3.05) is 6.61 Å². The fourth-order valence-electron chi connectivity index (χ4n) is 2.56. The number of carbonyl (C=O) groups is 2. The summed E-state index contributed by atoms with van der Waals surface area (Å²) < 4.78 is 43.5. The average Bonchev–Trinajstić information content (AvgIpc) is 2.44. The number of carbonyl (C=O) groups excluding carboxylic acids is 2. The predicted octanol–water partition coefficient (Wildman–Crippen LogP) is 4.20. The molecule has 0 aliphatic heterocycles. The number of benzene rings is 1. The third-order valence-corrected chi connectivity index (χ3v) is 3.64. The van der Waals surface area contributed by atoms with Gasteiger partial charge in [-0.3, -0.25) is 4.79 Å². The number of hydrogen-bond donors (Lipinski definition) is 0. The molecule has 0 fully saturated rings. The zero-order chi connectivity index (χ0) is 17.4. The Morgan fingerprint density at radius 2 is 1.91 bits per heavy atom. The number of ether oxygens (including phenoxy) is 1. The number of allylic oxidation sites excluding steroid dienone is 1. The fourth-order valence-corrected chi connectivity index (χ4v) is 2.56. The second kappa shape index (κ2) is 5.83. The average molecular weight is 326 g/mol. The van der Waals surface area contributed by atoms with Gasteiger partial charge in [0.1, 0.15) is 0 Å². The van der Waals surface area contributed by atoms with E-state index in [2.05, 4.69) is 0 Å². The Bertz CT molecular complexity index is 685. The molecule has 0 unspecified atom stereocenters. The molecule has 0 saturated heterocycles. The Labute approximate surface area is 132 Å². The highest BCUT2D eigenvalue weighted by Crippen LogP contribution is 2.36. The molecule has 0 saturated carbocycles. The van der Waals surface area contributed by atoms with Gasteiger partial charge in [-0.25, -0.2) is 4.79 Å². The molecule has 124 valence electrons. The number of alkyl halides is 3. The molecule has 0 heterocycles. The maximum absolute atomic E-state index is 12.9. The Kier molecular flexibility index (Phi) is 4.37. The second-order valence-electron chi connectivity index (χ2n) is 6.14. The van der Waals surface area contributed by atoms with E-state index in [0.717, 1.165) is 6.07 Å². The summed E-state index contributed by atoms with van der Waals surface area (Å²) >= 11 is 0. The van der Waals surface area contributed by atoms with Crippen molar-refractivity contribution in [3.8, 4) is 0 Å². The lowest BCUT2D eigenvalue weighted by Crippen LogP contribution is -2.27. The monoisotopic (exact) mass is 326 g/mol. The number of fused-ring (bicyclic) bond motifs is 1. The Morgan fingerprint density at radius 1 is 1.26 bits per heavy atom. The molecule has 3 nitrogen and oxygen atoms in total. The van der Waals surface area contributed by atoms with Crippen LogP contribution in [0.5, 0.6) is 0 Å². The molecular formula is C17H17F3O3. The van der Waals surface area contributed by atoms with Crippen molar-refractivity contribution in [1.82, 2.24) is 0 Å². The van der Waals surface area contributed by atoms with Crippen LogP contribution < -0.4 is 0 Å². The van der Waals surface area contributed by atoms with Gasteiger partial charge < -0.3 is 4.74 Å². The molecule has 0 spiro atoms. The Hall–Kier alpha value is -2.11. The predicted molar refractivity (Wildman–Crippen MR) is 79.3 cm³/mol. The molecule has 1 aliphatic carbocycles. The van der Waals surface area contributed by atoms with Gasteiger partial charge in [-0.2, -0.15) is 13.2 Å². The van der Waals surface area contributed by atoms with E-state index in [0.29, 0.717) is 17.5 Å². The van der Waals surface area contributed by atoms with Crippen molar-refractivity contribution in [1.29, 1.82) is 0 Å². The summed E-state index contributed by atoms with van der Waals surface area (Å²) in [6.07, 6.45) is -1.20.